The number of para-hydroxylation sites is 1. The van der Waals surface area contributed by atoms with Gasteiger partial charge >= 0.3 is 6.03 Å². The fourth-order valence-corrected chi connectivity index (χ4v) is 3.79. The van der Waals surface area contributed by atoms with Gasteiger partial charge in [-0.25, -0.2) is 4.79 Å². The monoisotopic (exact) mass is 410 g/mol. The number of ether oxygens (including phenoxy) is 1. The minimum Gasteiger partial charge on any atom is -0.379 e. The molecule has 162 valence electrons. The molecule has 1 aliphatic heterocycles. The van der Waals surface area contributed by atoms with Crippen LogP contribution in [0.4, 0.5) is 10.5 Å². The highest BCUT2D eigenvalue weighted by Crippen LogP contribution is 2.18. The molecule has 2 aromatic rings. The highest BCUT2D eigenvalue weighted by molar-refractivity contribution is 5.73. The summed E-state index contributed by atoms with van der Waals surface area (Å²) < 4.78 is 5.43. The van der Waals surface area contributed by atoms with Crippen LogP contribution in [-0.4, -0.2) is 56.9 Å². The number of carbonyl (C=O) groups excluding carboxylic acids is 1. The fraction of sp³-hybridized carbons (Fsp3) is 0.458. The van der Waals surface area contributed by atoms with Crippen molar-refractivity contribution in [2.24, 2.45) is 0 Å². The molecular weight excluding hydrogens is 376 g/mol. The van der Waals surface area contributed by atoms with Gasteiger partial charge in [0.15, 0.2) is 0 Å². The number of morpholine rings is 1. The molecule has 2 amide bonds. The molecule has 3 rings (SSSR count). The molecule has 0 radical (unpaired) electrons. The van der Waals surface area contributed by atoms with Crippen LogP contribution in [0.1, 0.15) is 23.6 Å². The van der Waals surface area contributed by atoms with Gasteiger partial charge in [-0.2, -0.15) is 0 Å². The number of hydrogen-bond acceptors (Lipinski definition) is 4. The number of carbonyl (C=O) groups is 1. The van der Waals surface area contributed by atoms with Crippen molar-refractivity contribution in [1.29, 1.82) is 0 Å². The van der Waals surface area contributed by atoms with E-state index in [4.69, 9.17) is 4.74 Å². The quantitative estimate of drug-likeness (QED) is 0.667. The SMILES string of the molecule is CCN(CCNC(=O)NCc1ccccc1CN1CCOCC1)c1ccccc1C. The number of anilines is 1. The first-order chi connectivity index (χ1) is 14.7. The first-order valence-electron chi connectivity index (χ1n) is 10.9. The van der Waals surface area contributed by atoms with Crippen molar-refractivity contribution in [2.75, 3.05) is 50.8 Å². The smallest absolute Gasteiger partial charge is 0.315 e. The number of aryl methyl sites for hydroxylation is 1. The number of nitrogens with one attached hydrogen (secondary N) is 2. The summed E-state index contributed by atoms with van der Waals surface area (Å²) in [5, 5.41) is 6.00. The minimum atomic E-state index is -0.128. The Morgan fingerprint density at radius 1 is 1.03 bits per heavy atom. The van der Waals surface area contributed by atoms with Gasteiger partial charge in [-0.15, -0.1) is 0 Å². The van der Waals surface area contributed by atoms with E-state index in [0.717, 1.165) is 51.5 Å². The van der Waals surface area contributed by atoms with Gasteiger partial charge in [0.2, 0.25) is 0 Å². The van der Waals surface area contributed by atoms with Crippen molar-refractivity contribution in [3.05, 3.63) is 65.2 Å². The Balaban J connectivity index is 1.45. The lowest BCUT2D eigenvalue weighted by Gasteiger charge is -2.27. The zero-order chi connectivity index (χ0) is 21.2. The molecule has 1 fully saturated rings. The van der Waals surface area contributed by atoms with Gasteiger partial charge in [-0.3, -0.25) is 4.90 Å². The van der Waals surface area contributed by atoms with E-state index in [9.17, 15) is 4.79 Å². The number of likely N-dealkylation sites (N-methyl/N-ethyl adjacent to an activating group) is 1. The number of urea groups is 1. The molecule has 0 spiro atoms. The third-order valence-corrected chi connectivity index (χ3v) is 5.56. The van der Waals surface area contributed by atoms with Crippen LogP contribution in [0.15, 0.2) is 48.5 Å². The summed E-state index contributed by atoms with van der Waals surface area (Å²) in [6.07, 6.45) is 0. The number of amides is 2. The number of rotatable bonds is 9. The molecule has 1 saturated heterocycles. The Bertz CT molecular complexity index is 805. The maximum atomic E-state index is 12.3. The molecule has 0 saturated carbocycles. The van der Waals surface area contributed by atoms with Crippen LogP contribution in [-0.2, 0) is 17.8 Å². The average molecular weight is 411 g/mol. The molecule has 0 aromatic heterocycles. The lowest BCUT2D eigenvalue weighted by Crippen LogP contribution is -2.40. The number of nitrogens with zero attached hydrogens (tertiary/aromatic N) is 2. The molecule has 1 heterocycles. The normalized spacial score (nSPS) is 14.3. The maximum absolute atomic E-state index is 12.3. The molecule has 2 N–H and O–H groups in total. The number of benzene rings is 2. The maximum Gasteiger partial charge on any atom is 0.315 e. The van der Waals surface area contributed by atoms with E-state index in [0.29, 0.717) is 13.1 Å². The first-order valence-corrected chi connectivity index (χ1v) is 10.9. The van der Waals surface area contributed by atoms with Crippen LogP contribution in [0.5, 0.6) is 0 Å². The van der Waals surface area contributed by atoms with Crippen LogP contribution in [0.25, 0.3) is 0 Å². The second kappa shape index (κ2) is 11.6. The molecule has 30 heavy (non-hydrogen) atoms. The zero-order valence-corrected chi connectivity index (χ0v) is 18.2. The van der Waals surface area contributed by atoms with Crippen LogP contribution < -0.4 is 15.5 Å². The summed E-state index contributed by atoms with van der Waals surface area (Å²) in [6.45, 7) is 11.5. The minimum absolute atomic E-state index is 0.128. The van der Waals surface area contributed by atoms with Crippen molar-refractivity contribution in [1.82, 2.24) is 15.5 Å². The summed E-state index contributed by atoms with van der Waals surface area (Å²) in [5.74, 6) is 0. The Morgan fingerprint density at radius 3 is 2.47 bits per heavy atom. The molecular formula is C24H34N4O2. The fourth-order valence-electron chi connectivity index (χ4n) is 3.79. The highest BCUT2D eigenvalue weighted by Gasteiger charge is 2.13. The average Bonchev–Trinajstić information content (AvgIpc) is 2.77. The highest BCUT2D eigenvalue weighted by atomic mass is 16.5. The summed E-state index contributed by atoms with van der Waals surface area (Å²) in [6, 6.07) is 16.5. The van der Waals surface area contributed by atoms with Crippen LogP contribution in [0, 0.1) is 6.92 Å². The van der Waals surface area contributed by atoms with E-state index in [1.54, 1.807) is 0 Å². The molecule has 6 nitrogen and oxygen atoms in total. The molecule has 0 unspecified atom stereocenters. The van der Waals surface area contributed by atoms with Gasteiger partial charge in [0.25, 0.3) is 0 Å². The van der Waals surface area contributed by atoms with Crippen molar-refractivity contribution in [2.45, 2.75) is 26.9 Å². The predicted octanol–water partition coefficient (Wildman–Crippen LogP) is 3.15. The van der Waals surface area contributed by atoms with Gasteiger partial charge in [0, 0.05) is 51.5 Å². The second-order valence-electron chi connectivity index (χ2n) is 7.63. The first kappa shape index (κ1) is 22.1. The third-order valence-electron chi connectivity index (χ3n) is 5.56. The van der Waals surface area contributed by atoms with Crippen molar-refractivity contribution in [3.63, 3.8) is 0 Å². The molecule has 0 bridgehead atoms. The Labute approximate surface area is 180 Å². The molecule has 2 aromatic carbocycles. The second-order valence-corrected chi connectivity index (χ2v) is 7.63. The van der Waals surface area contributed by atoms with Gasteiger partial charge in [0.05, 0.1) is 13.2 Å². The largest absolute Gasteiger partial charge is 0.379 e. The summed E-state index contributed by atoms with van der Waals surface area (Å²) in [5.41, 5.74) is 4.89. The van der Waals surface area contributed by atoms with E-state index in [2.05, 4.69) is 76.7 Å². The van der Waals surface area contributed by atoms with Gasteiger partial charge in [-0.05, 0) is 36.6 Å². The summed E-state index contributed by atoms with van der Waals surface area (Å²) in [7, 11) is 0. The predicted molar refractivity (Wildman–Crippen MR) is 122 cm³/mol. The topological polar surface area (TPSA) is 56.8 Å². The van der Waals surface area contributed by atoms with Crippen LogP contribution >= 0.6 is 0 Å². The van der Waals surface area contributed by atoms with Gasteiger partial charge in [-0.1, -0.05) is 42.5 Å². The van der Waals surface area contributed by atoms with Crippen molar-refractivity contribution >= 4 is 11.7 Å². The third kappa shape index (κ3) is 6.47. The van der Waals surface area contributed by atoms with Crippen molar-refractivity contribution in [3.8, 4) is 0 Å². The van der Waals surface area contributed by atoms with Crippen LogP contribution in [0.2, 0.25) is 0 Å². The van der Waals surface area contributed by atoms with Crippen LogP contribution in [0.3, 0.4) is 0 Å². The molecule has 6 heteroatoms. The lowest BCUT2D eigenvalue weighted by molar-refractivity contribution is 0.0341. The lowest BCUT2D eigenvalue weighted by atomic mass is 10.1. The molecule has 1 aliphatic rings. The van der Waals surface area contributed by atoms with E-state index < -0.39 is 0 Å². The zero-order valence-electron chi connectivity index (χ0n) is 18.2. The van der Waals surface area contributed by atoms with E-state index in [1.807, 2.05) is 6.07 Å². The van der Waals surface area contributed by atoms with E-state index in [-0.39, 0.29) is 6.03 Å². The standard InChI is InChI=1S/C24H34N4O2/c1-3-28(23-11-7-4-8-20(23)2)13-12-25-24(29)26-18-21-9-5-6-10-22(21)19-27-14-16-30-17-15-27/h4-11H,3,12-19H2,1-2H3,(H2,25,26,29). The Hall–Kier alpha value is -2.57. The van der Waals surface area contributed by atoms with Gasteiger partial charge < -0.3 is 20.3 Å². The Morgan fingerprint density at radius 2 is 1.73 bits per heavy atom. The van der Waals surface area contributed by atoms with Crippen molar-refractivity contribution < 1.29 is 9.53 Å². The van der Waals surface area contributed by atoms with Gasteiger partial charge in [0.1, 0.15) is 0 Å². The Kier molecular flexibility index (Phi) is 8.53. The van der Waals surface area contributed by atoms with E-state index >= 15 is 0 Å². The van der Waals surface area contributed by atoms with E-state index in [1.165, 1.54) is 16.8 Å². The summed E-state index contributed by atoms with van der Waals surface area (Å²) >= 11 is 0. The number of hydrogen-bond donors (Lipinski definition) is 2. The molecule has 0 aliphatic carbocycles. The summed E-state index contributed by atoms with van der Waals surface area (Å²) in [4.78, 5) is 17.0. The molecule has 0 atom stereocenters.